The fraction of sp³-hybridized carbons (Fsp3) is 0.188. The standard InChI is InChI=1S/C16H17ClN2O/c1-11-7-8-13(15(18)9-11)16(20)19(2)10-12-5-3-4-6-14(12)17/h3-9H,10,18H2,1-2H3. The first kappa shape index (κ1) is 14.4. The lowest BCUT2D eigenvalue weighted by molar-refractivity contribution is 0.0786. The molecule has 0 radical (unpaired) electrons. The molecule has 0 saturated carbocycles. The summed E-state index contributed by atoms with van der Waals surface area (Å²) in [5.74, 6) is -0.109. The Hall–Kier alpha value is -2.00. The maximum absolute atomic E-state index is 12.4. The van der Waals surface area contributed by atoms with Crippen LogP contribution in [0, 0.1) is 6.92 Å². The van der Waals surface area contributed by atoms with Crippen molar-refractivity contribution in [3.05, 3.63) is 64.2 Å². The van der Waals surface area contributed by atoms with Gasteiger partial charge in [0, 0.05) is 24.3 Å². The largest absolute Gasteiger partial charge is 0.398 e. The summed E-state index contributed by atoms with van der Waals surface area (Å²) in [4.78, 5) is 14.0. The number of hydrogen-bond donors (Lipinski definition) is 1. The van der Waals surface area contributed by atoms with Gasteiger partial charge in [-0.1, -0.05) is 35.9 Å². The predicted octanol–water partition coefficient (Wildman–Crippen LogP) is 3.50. The molecule has 1 amide bonds. The normalized spacial score (nSPS) is 10.3. The van der Waals surface area contributed by atoms with E-state index in [2.05, 4.69) is 0 Å². The van der Waals surface area contributed by atoms with Gasteiger partial charge in [-0.05, 0) is 36.2 Å². The minimum absolute atomic E-state index is 0.109. The number of aryl methyl sites for hydroxylation is 1. The van der Waals surface area contributed by atoms with Crippen LogP contribution in [0.5, 0.6) is 0 Å². The monoisotopic (exact) mass is 288 g/mol. The SMILES string of the molecule is Cc1ccc(C(=O)N(C)Cc2ccccc2Cl)c(N)c1. The summed E-state index contributed by atoms with van der Waals surface area (Å²) in [7, 11) is 1.74. The Labute approximate surface area is 124 Å². The number of amides is 1. The number of rotatable bonds is 3. The lowest BCUT2D eigenvalue weighted by Crippen LogP contribution is -2.27. The quantitative estimate of drug-likeness (QED) is 0.879. The zero-order valence-electron chi connectivity index (χ0n) is 11.6. The molecule has 4 heteroatoms. The molecule has 0 heterocycles. The van der Waals surface area contributed by atoms with Gasteiger partial charge in [-0.25, -0.2) is 0 Å². The molecule has 104 valence electrons. The molecule has 0 unspecified atom stereocenters. The first-order valence-corrected chi connectivity index (χ1v) is 6.72. The predicted molar refractivity (Wildman–Crippen MR) is 82.8 cm³/mol. The van der Waals surface area contributed by atoms with E-state index < -0.39 is 0 Å². The Balaban J connectivity index is 2.19. The number of benzene rings is 2. The van der Waals surface area contributed by atoms with Crippen LogP contribution in [-0.4, -0.2) is 17.9 Å². The van der Waals surface area contributed by atoms with Gasteiger partial charge in [0.15, 0.2) is 0 Å². The number of carbonyl (C=O) groups is 1. The molecule has 3 nitrogen and oxygen atoms in total. The molecule has 0 aromatic heterocycles. The molecule has 2 aromatic carbocycles. The number of nitrogen functional groups attached to an aromatic ring is 1. The molecule has 2 N–H and O–H groups in total. The zero-order valence-corrected chi connectivity index (χ0v) is 12.3. The third-order valence-corrected chi connectivity index (χ3v) is 3.52. The van der Waals surface area contributed by atoms with Crippen molar-refractivity contribution < 1.29 is 4.79 Å². The van der Waals surface area contributed by atoms with Crippen molar-refractivity contribution >= 4 is 23.2 Å². The first-order chi connectivity index (χ1) is 9.49. The fourth-order valence-electron chi connectivity index (χ4n) is 2.04. The molecule has 2 rings (SSSR count). The van der Waals surface area contributed by atoms with Crippen molar-refractivity contribution in [3.8, 4) is 0 Å². The molecule has 0 fully saturated rings. The Morgan fingerprint density at radius 2 is 1.95 bits per heavy atom. The van der Waals surface area contributed by atoms with Gasteiger partial charge in [0.1, 0.15) is 0 Å². The average Bonchev–Trinajstić information content (AvgIpc) is 2.40. The summed E-state index contributed by atoms with van der Waals surface area (Å²) >= 11 is 6.11. The molecule has 0 spiro atoms. The van der Waals surface area contributed by atoms with E-state index in [4.69, 9.17) is 17.3 Å². The van der Waals surface area contributed by atoms with Crippen molar-refractivity contribution in [1.82, 2.24) is 4.90 Å². The molecule has 20 heavy (non-hydrogen) atoms. The van der Waals surface area contributed by atoms with Gasteiger partial charge in [0.05, 0.1) is 5.56 Å². The van der Waals surface area contributed by atoms with Crippen molar-refractivity contribution in [2.75, 3.05) is 12.8 Å². The summed E-state index contributed by atoms with van der Waals surface area (Å²) in [5.41, 5.74) is 8.88. The van der Waals surface area contributed by atoms with E-state index in [0.29, 0.717) is 22.8 Å². The van der Waals surface area contributed by atoms with E-state index in [-0.39, 0.29) is 5.91 Å². The number of hydrogen-bond acceptors (Lipinski definition) is 2. The van der Waals surface area contributed by atoms with Crippen molar-refractivity contribution in [3.63, 3.8) is 0 Å². The van der Waals surface area contributed by atoms with E-state index in [1.807, 2.05) is 37.3 Å². The van der Waals surface area contributed by atoms with Crippen LogP contribution in [0.25, 0.3) is 0 Å². The van der Waals surface area contributed by atoms with Gasteiger partial charge in [0.2, 0.25) is 0 Å². The molecule has 0 aliphatic rings. The molecule has 0 aliphatic carbocycles. The summed E-state index contributed by atoms with van der Waals surface area (Å²) in [5, 5.41) is 0.657. The van der Waals surface area contributed by atoms with Crippen molar-refractivity contribution in [1.29, 1.82) is 0 Å². The fourth-order valence-corrected chi connectivity index (χ4v) is 2.23. The molecular formula is C16H17ClN2O. The van der Waals surface area contributed by atoms with E-state index >= 15 is 0 Å². The molecule has 0 bridgehead atoms. The molecule has 0 atom stereocenters. The summed E-state index contributed by atoms with van der Waals surface area (Å²) in [6.45, 7) is 2.39. The van der Waals surface area contributed by atoms with Crippen LogP contribution < -0.4 is 5.73 Å². The lowest BCUT2D eigenvalue weighted by atomic mass is 10.1. The highest BCUT2D eigenvalue weighted by Gasteiger charge is 2.15. The van der Waals surface area contributed by atoms with Crippen LogP contribution in [0.3, 0.4) is 0 Å². The van der Waals surface area contributed by atoms with Crippen LogP contribution in [0.2, 0.25) is 5.02 Å². The second-order valence-corrected chi connectivity index (χ2v) is 5.25. The van der Waals surface area contributed by atoms with Gasteiger partial charge >= 0.3 is 0 Å². The molecule has 2 aromatic rings. The minimum atomic E-state index is -0.109. The van der Waals surface area contributed by atoms with Gasteiger partial charge < -0.3 is 10.6 Å². The highest BCUT2D eigenvalue weighted by Crippen LogP contribution is 2.20. The van der Waals surface area contributed by atoms with Gasteiger partial charge in [-0.2, -0.15) is 0 Å². The molecular weight excluding hydrogens is 272 g/mol. The number of halogens is 1. The smallest absolute Gasteiger partial charge is 0.255 e. The third kappa shape index (κ3) is 3.11. The molecule has 0 aliphatic heterocycles. The second-order valence-electron chi connectivity index (χ2n) is 4.84. The van der Waals surface area contributed by atoms with Crippen LogP contribution in [-0.2, 0) is 6.54 Å². The Morgan fingerprint density at radius 1 is 1.25 bits per heavy atom. The van der Waals surface area contributed by atoms with Crippen LogP contribution in [0.15, 0.2) is 42.5 Å². The van der Waals surface area contributed by atoms with E-state index in [1.54, 1.807) is 24.1 Å². The van der Waals surface area contributed by atoms with E-state index in [9.17, 15) is 4.79 Å². The van der Waals surface area contributed by atoms with Gasteiger partial charge in [-0.3, -0.25) is 4.79 Å². The zero-order chi connectivity index (χ0) is 14.7. The molecule has 0 saturated heterocycles. The Morgan fingerprint density at radius 3 is 2.60 bits per heavy atom. The van der Waals surface area contributed by atoms with Crippen LogP contribution in [0.4, 0.5) is 5.69 Å². The maximum Gasteiger partial charge on any atom is 0.255 e. The van der Waals surface area contributed by atoms with E-state index in [0.717, 1.165) is 11.1 Å². The number of nitrogens with two attached hydrogens (primary N) is 1. The number of carbonyl (C=O) groups excluding carboxylic acids is 1. The van der Waals surface area contributed by atoms with Crippen LogP contribution >= 0.6 is 11.6 Å². The summed E-state index contributed by atoms with van der Waals surface area (Å²) in [6.07, 6.45) is 0. The highest BCUT2D eigenvalue weighted by atomic mass is 35.5. The van der Waals surface area contributed by atoms with Crippen LogP contribution in [0.1, 0.15) is 21.5 Å². The van der Waals surface area contributed by atoms with Gasteiger partial charge in [-0.15, -0.1) is 0 Å². The van der Waals surface area contributed by atoms with Crippen molar-refractivity contribution in [2.45, 2.75) is 13.5 Å². The average molecular weight is 289 g/mol. The first-order valence-electron chi connectivity index (χ1n) is 6.34. The maximum atomic E-state index is 12.4. The third-order valence-electron chi connectivity index (χ3n) is 3.15. The highest BCUT2D eigenvalue weighted by molar-refractivity contribution is 6.31. The second kappa shape index (κ2) is 5.97. The number of anilines is 1. The Kier molecular flexibility index (Phi) is 4.30. The van der Waals surface area contributed by atoms with Gasteiger partial charge in [0.25, 0.3) is 5.91 Å². The summed E-state index contributed by atoms with van der Waals surface area (Å²) < 4.78 is 0. The Bertz CT molecular complexity index is 640. The van der Waals surface area contributed by atoms with E-state index in [1.165, 1.54) is 0 Å². The van der Waals surface area contributed by atoms with Crippen molar-refractivity contribution in [2.24, 2.45) is 0 Å². The topological polar surface area (TPSA) is 46.3 Å². The summed E-state index contributed by atoms with van der Waals surface area (Å²) in [6, 6.07) is 12.9. The lowest BCUT2D eigenvalue weighted by Gasteiger charge is -2.19. The minimum Gasteiger partial charge on any atom is -0.398 e. The number of nitrogens with zero attached hydrogens (tertiary/aromatic N) is 1.